The van der Waals surface area contributed by atoms with Crippen molar-refractivity contribution in [2.24, 2.45) is 5.92 Å². The number of nitrogens with one attached hydrogen (secondary N) is 1. The number of amides is 2. The molecular weight excluding hydrogens is 466 g/mol. The van der Waals surface area contributed by atoms with E-state index in [1.165, 1.54) is 16.5 Å². The van der Waals surface area contributed by atoms with E-state index in [1.54, 1.807) is 24.3 Å². The monoisotopic (exact) mass is 497 g/mol. The molecule has 1 heterocycles. The van der Waals surface area contributed by atoms with Crippen LogP contribution in [0, 0.1) is 5.92 Å². The van der Waals surface area contributed by atoms with Crippen LogP contribution in [0.4, 0.5) is 5.69 Å². The number of carbonyl (C=O) groups is 3. The zero-order valence-electron chi connectivity index (χ0n) is 21.3. The van der Waals surface area contributed by atoms with Gasteiger partial charge in [-0.25, -0.2) is 4.68 Å². The number of nitrogens with zero attached hydrogens (tertiary/aromatic N) is 4. The molecule has 0 fully saturated rings. The standard InChI is InChI=1S/C29H31N5O3/c1-20(2)16-17-30-29(37)28(22-10-5-4-6-11-22)34(24-13-9-12-23(18-24)21(3)35)27(36)19-33-26-15-8-7-14-25(26)31-32-33/h4-15,18,20,28H,16-17,19H2,1-3H3,(H,30,37)/t28-/m1/s1. The minimum atomic E-state index is -0.946. The number of hydrogen-bond donors (Lipinski definition) is 1. The van der Waals surface area contributed by atoms with Gasteiger partial charge in [0.25, 0.3) is 0 Å². The fourth-order valence-electron chi connectivity index (χ4n) is 4.18. The van der Waals surface area contributed by atoms with Gasteiger partial charge < -0.3 is 5.32 Å². The maximum atomic E-state index is 14.0. The van der Waals surface area contributed by atoms with E-state index < -0.39 is 6.04 Å². The molecule has 0 saturated heterocycles. The van der Waals surface area contributed by atoms with E-state index in [0.29, 0.717) is 40.3 Å². The van der Waals surface area contributed by atoms with Crippen molar-refractivity contribution in [1.82, 2.24) is 20.3 Å². The van der Waals surface area contributed by atoms with Gasteiger partial charge in [-0.1, -0.05) is 73.7 Å². The first-order chi connectivity index (χ1) is 17.8. The number of benzene rings is 3. The Kier molecular flexibility index (Phi) is 8.08. The molecule has 0 saturated carbocycles. The maximum absolute atomic E-state index is 14.0. The predicted molar refractivity (Wildman–Crippen MR) is 143 cm³/mol. The van der Waals surface area contributed by atoms with Crippen molar-refractivity contribution in [3.05, 3.63) is 90.0 Å². The number of fused-ring (bicyclic) bond motifs is 1. The van der Waals surface area contributed by atoms with Crippen molar-refractivity contribution in [2.45, 2.75) is 39.8 Å². The summed E-state index contributed by atoms with van der Waals surface area (Å²) in [6.07, 6.45) is 0.811. The number of carbonyl (C=O) groups excluding carboxylic acids is 3. The van der Waals surface area contributed by atoms with Gasteiger partial charge in [0.15, 0.2) is 5.78 Å². The minimum absolute atomic E-state index is 0.130. The molecule has 8 nitrogen and oxygen atoms in total. The van der Waals surface area contributed by atoms with Crippen LogP contribution in [-0.2, 0) is 16.1 Å². The Hall–Kier alpha value is -4.33. The summed E-state index contributed by atoms with van der Waals surface area (Å²) in [6.45, 7) is 6.01. The van der Waals surface area contributed by atoms with Crippen LogP contribution in [0.25, 0.3) is 11.0 Å². The zero-order chi connectivity index (χ0) is 26.4. The quantitative estimate of drug-likeness (QED) is 0.324. The lowest BCUT2D eigenvalue weighted by atomic mass is 10.0. The van der Waals surface area contributed by atoms with E-state index >= 15 is 0 Å². The Bertz CT molecular complexity index is 1400. The van der Waals surface area contributed by atoms with E-state index in [0.717, 1.165) is 6.42 Å². The average Bonchev–Trinajstić information content (AvgIpc) is 3.30. The van der Waals surface area contributed by atoms with E-state index in [2.05, 4.69) is 29.5 Å². The van der Waals surface area contributed by atoms with Gasteiger partial charge in [-0.05, 0) is 49.1 Å². The molecular formula is C29H31N5O3. The molecule has 1 aromatic heterocycles. The summed E-state index contributed by atoms with van der Waals surface area (Å²) in [5.74, 6) is -0.365. The topological polar surface area (TPSA) is 97.2 Å². The predicted octanol–water partition coefficient (Wildman–Crippen LogP) is 4.57. The first-order valence-corrected chi connectivity index (χ1v) is 12.4. The Morgan fingerprint density at radius 3 is 2.41 bits per heavy atom. The summed E-state index contributed by atoms with van der Waals surface area (Å²) in [7, 11) is 0. The Morgan fingerprint density at radius 2 is 1.68 bits per heavy atom. The van der Waals surface area contributed by atoms with E-state index in [-0.39, 0.29) is 24.1 Å². The van der Waals surface area contributed by atoms with Gasteiger partial charge in [0.2, 0.25) is 11.8 Å². The van der Waals surface area contributed by atoms with Crippen LogP contribution >= 0.6 is 0 Å². The van der Waals surface area contributed by atoms with E-state index in [4.69, 9.17) is 0 Å². The first kappa shape index (κ1) is 25.8. The highest BCUT2D eigenvalue weighted by Gasteiger charge is 2.33. The molecule has 3 aromatic carbocycles. The molecule has 0 aliphatic heterocycles. The van der Waals surface area contributed by atoms with E-state index in [1.807, 2.05) is 54.6 Å². The highest BCUT2D eigenvalue weighted by molar-refractivity contribution is 6.03. The summed E-state index contributed by atoms with van der Waals surface area (Å²) in [6, 6.07) is 22.4. The fraction of sp³-hybridized carbons (Fsp3) is 0.276. The summed E-state index contributed by atoms with van der Waals surface area (Å²) >= 11 is 0. The summed E-state index contributed by atoms with van der Waals surface area (Å²) in [5.41, 5.74) is 2.95. The lowest BCUT2D eigenvalue weighted by Gasteiger charge is -2.32. The first-order valence-electron chi connectivity index (χ1n) is 12.4. The number of ketones is 1. The van der Waals surface area contributed by atoms with Gasteiger partial charge in [0, 0.05) is 17.8 Å². The number of para-hydroxylation sites is 1. The highest BCUT2D eigenvalue weighted by Crippen LogP contribution is 2.29. The summed E-state index contributed by atoms with van der Waals surface area (Å²) in [4.78, 5) is 41.3. The number of Topliss-reactive ketones (excluding diaryl/α,β-unsaturated/α-hetero) is 1. The zero-order valence-corrected chi connectivity index (χ0v) is 21.3. The van der Waals surface area contributed by atoms with Gasteiger partial charge >= 0.3 is 0 Å². The van der Waals surface area contributed by atoms with Gasteiger partial charge in [0.05, 0.1) is 5.52 Å². The van der Waals surface area contributed by atoms with Crippen LogP contribution in [0.5, 0.6) is 0 Å². The van der Waals surface area contributed by atoms with Gasteiger partial charge in [-0.3, -0.25) is 19.3 Å². The Balaban J connectivity index is 1.78. The Labute approximate surface area is 216 Å². The SMILES string of the molecule is CC(=O)c1cccc(N(C(=O)Cn2nnc3ccccc32)[C@@H](C(=O)NCCC(C)C)c2ccccc2)c1. The van der Waals surface area contributed by atoms with Crippen molar-refractivity contribution >= 4 is 34.3 Å². The van der Waals surface area contributed by atoms with Gasteiger partial charge in [0.1, 0.15) is 18.1 Å². The van der Waals surface area contributed by atoms with Crippen molar-refractivity contribution < 1.29 is 14.4 Å². The highest BCUT2D eigenvalue weighted by atomic mass is 16.2. The largest absolute Gasteiger partial charge is 0.354 e. The third-order valence-corrected chi connectivity index (χ3v) is 6.15. The minimum Gasteiger partial charge on any atom is -0.354 e. The molecule has 2 amide bonds. The van der Waals surface area contributed by atoms with Crippen molar-refractivity contribution in [3.63, 3.8) is 0 Å². The van der Waals surface area contributed by atoms with Crippen LogP contribution in [0.15, 0.2) is 78.9 Å². The molecule has 1 N–H and O–H groups in total. The van der Waals surface area contributed by atoms with Crippen molar-refractivity contribution in [2.75, 3.05) is 11.4 Å². The molecule has 4 aromatic rings. The molecule has 0 unspecified atom stereocenters. The Morgan fingerprint density at radius 1 is 0.946 bits per heavy atom. The van der Waals surface area contributed by atoms with Crippen LogP contribution in [0.2, 0.25) is 0 Å². The van der Waals surface area contributed by atoms with Crippen LogP contribution in [-0.4, -0.2) is 39.1 Å². The smallest absolute Gasteiger partial charge is 0.249 e. The van der Waals surface area contributed by atoms with Crippen LogP contribution in [0.3, 0.4) is 0 Å². The van der Waals surface area contributed by atoms with Crippen molar-refractivity contribution in [1.29, 1.82) is 0 Å². The molecule has 0 radical (unpaired) electrons. The van der Waals surface area contributed by atoms with Gasteiger partial charge in [-0.2, -0.15) is 0 Å². The lowest BCUT2D eigenvalue weighted by Crippen LogP contribution is -2.45. The molecule has 0 aliphatic carbocycles. The fourth-order valence-corrected chi connectivity index (χ4v) is 4.18. The number of anilines is 1. The molecule has 0 spiro atoms. The second-order valence-corrected chi connectivity index (χ2v) is 9.39. The molecule has 37 heavy (non-hydrogen) atoms. The molecule has 0 aliphatic rings. The molecule has 0 bridgehead atoms. The average molecular weight is 498 g/mol. The second kappa shape index (κ2) is 11.6. The summed E-state index contributed by atoms with van der Waals surface area (Å²) < 4.78 is 1.53. The molecule has 8 heteroatoms. The van der Waals surface area contributed by atoms with Crippen molar-refractivity contribution in [3.8, 4) is 0 Å². The van der Waals surface area contributed by atoms with Gasteiger partial charge in [-0.15, -0.1) is 5.10 Å². The third kappa shape index (κ3) is 6.09. The number of hydrogen-bond acceptors (Lipinski definition) is 5. The third-order valence-electron chi connectivity index (χ3n) is 6.15. The number of aromatic nitrogens is 3. The molecule has 190 valence electrons. The number of rotatable bonds is 10. The van der Waals surface area contributed by atoms with Crippen LogP contribution < -0.4 is 10.2 Å². The maximum Gasteiger partial charge on any atom is 0.249 e. The summed E-state index contributed by atoms with van der Waals surface area (Å²) in [5, 5.41) is 11.3. The van der Waals surface area contributed by atoms with Crippen LogP contribution in [0.1, 0.15) is 49.2 Å². The van der Waals surface area contributed by atoms with E-state index in [9.17, 15) is 14.4 Å². The normalized spacial score (nSPS) is 11.9. The lowest BCUT2D eigenvalue weighted by molar-refractivity contribution is -0.127. The molecule has 4 rings (SSSR count). The second-order valence-electron chi connectivity index (χ2n) is 9.39. The molecule has 1 atom stereocenters.